The molecule has 3 heterocycles. The van der Waals surface area contributed by atoms with E-state index in [-0.39, 0.29) is 17.8 Å². The Kier molecular flexibility index (Phi) is 5.27. The van der Waals surface area contributed by atoms with Crippen LogP contribution in [0, 0.1) is 19.8 Å². The standard InChI is InChI=1S/C22H29N5O3/c1-6-30-8-7-25-20(28)18-19(24(5)22(25)29)23-21-26(12-16(4)13-27(18)21)17-10-14(2)9-15(3)11-17/h9-11,16H,6-8,12-13H2,1-5H3. The van der Waals surface area contributed by atoms with Crippen LogP contribution in [0.4, 0.5) is 11.6 Å². The van der Waals surface area contributed by atoms with Crippen LogP contribution in [-0.4, -0.2) is 38.4 Å². The first-order valence-corrected chi connectivity index (χ1v) is 10.5. The van der Waals surface area contributed by atoms with E-state index >= 15 is 0 Å². The molecule has 0 radical (unpaired) electrons. The maximum atomic E-state index is 13.3. The molecule has 0 amide bonds. The molecular weight excluding hydrogens is 382 g/mol. The lowest BCUT2D eigenvalue weighted by molar-refractivity contribution is 0.137. The number of fused-ring (bicyclic) bond motifs is 3. The van der Waals surface area contributed by atoms with Gasteiger partial charge in [0.25, 0.3) is 5.56 Å². The van der Waals surface area contributed by atoms with Crippen molar-refractivity contribution in [3.05, 3.63) is 50.2 Å². The van der Waals surface area contributed by atoms with E-state index < -0.39 is 0 Å². The minimum absolute atomic E-state index is 0.228. The number of anilines is 2. The average Bonchev–Trinajstić information content (AvgIpc) is 3.07. The van der Waals surface area contributed by atoms with E-state index in [1.165, 1.54) is 20.3 Å². The predicted molar refractivity (Wildman–Crippen MR) is 118 cm³/mol. The summed E-state index contributed by atoms with van der Waals surface area (Å²) < 4.78 is 10.1. The van der Waals surface area contributed by atoms with Crippen molar-refractivity contribution in [2.24, 2.45) is 13.0 Å². The van der Waals surface area contributed by atoms with E-state index in [1.807, 2.05) is 11.5 Å². The summed E-state index contributed by atoms with van der Waals surface area (Å²) in [7, 11) is 1.67. The second kappa shape index (κ2) is 7.75. The van der Waals surface area contributed by atoms with Gasteiger partial charge in [-0.3, -0.25) is 13.9 Å². The number of imidazole rings is 1. The minimum atomic E-state index is -0.367. The molecule has 0 N–H and O–H groups in total. The van der Waals surface area contributed by atoms with E-state index in [9.17, 15) is 9.59 Å². The molecule has 0 saturated carbocycles. The fourth-order valence-corrected chi connectivity index (χ4v) is 4.33. The summed E-state index contributed by atoms with van der Waals surface area (Å²) >= 11 is 0. The summed E-state index contributed by atoms with van der Waals surface area (Å²) in [4.78, 5) is 33.1. The van der Waals surface area contributed by atoms with E-state index in [0.29, 0.717) is 42.8 Å². The summed E-state index contributed by atoms with van der Waals surface area (Å²) in [5, 5.41) is 0. The van der Waals surface area contributed by atoms with Gasteiger partial charge in [-0.15, -0.1) is 0 Å². The van der Waals surface area contributed by atoms with Crippen LogP contribution in [0.25, 0.3) is 11.2 Å². The van der Waals surface area contributed by atoms with Crippen molar-refractivity contribution in [3.8, 4) is 0 Å². The highest BCUT2D eigenvalue weighted by molar-refractivity contribution is 5.77. The molecule has 160 valence electrons. The molecule has 1 aliphatic rings. The number of nitrogens with zero attached hydrogens (tertiary/aromatic N) is 5. The first-order valence-electron chi connectivity index (χ1n) is 10.5. The maximum absolute atomic E-state index is 13.3. The highest BCUT2D eigenvalue weighted by Crippen LogP contribution is 2.33. The molecule has 1 atom stereocenters. The second-order valence-electron chi connectivity index (χ2n) is 8.25. The summed E-state index contributed by atoms with van der Waals surface area (Å²) in [6.07, 6.45) is 0. The molecule has 3 aromatic rings. The highest BCUT2D eigenvalue weighted by Gasteiger charge is 2.30. The van der Waals surface area contributed by atoms with Crippen LogP contribution in [0.3, 0.4) is 0 Å². The average molecular weight is 412 g/mol. The van der Waals surface area contributed by atoms with Crippen molar-refractivity contribution >= 4 is 22.8 Å². The Morgan fingerprint density at radius 1 is 1.13 bits per heavy atom. The van der Waals surface area contributed by atoms with Gasteiger partial charge in [0.1, 0.15) is 0 Å². The zero-order valence-corrected chi connectivity index (χ0v) is 18.3. The number of hydrogen-bond acceptors (Lipinski definition) is 5. The Labute approximate surface area is 175 Å². The van der Waals surface area contributed by atoms with Gasteiger partial charge < -0.3 is 14.2 Å². The van der Waals surface area contributed by atoms with E-state index in [1.54, 1.807) is 7.05 Å². The van der Waals surface area contributed by atoms with Crippen LogP contribution >= 0.6 is 0 Å². The highest BCUT2D eigenvalue weighted by atomic mass is 16.5. The fraction of sp³-hybridized carbons (Fsp3) is 0.500. The molecule has 0 bridgehead atoms. The molecule has 2 aromatic heterocycles. The quantitative estimate of drug-likeness (QED) is 0.603. The summed E-state index contributed by atoms with van der Waals surface area (Å²) in [6, 6.07) is 6.41. The van der Waals surface area contributed by atoms with Crippen molar-refractivity contribution in [1.82, 2.24) is 18.7 Å². The Morgan fingerprint density at radius 3 is 2.50 bits per heavy atom. The number of aromatic nitrogens is 4. The van der Waals surface area contributed by atoms with Crippen LogP contribution in [0.1, 0.15) is 25.0 Å². The van der Waals surface area contributed by atoms with Crippen LogP contribution < -0.4 is 16.1 Å². The molecule has 1 unspecified atom stereocenters. The minimum Gasteiger partial charge on any atom is -0.380 e. The topological polar surface area (TPSA) is 74.3 Å². The lowest BCUT2D eigenvalue weighted by atomic mass is 10.1. The number of aryl methyl sites for hydroxylation is 3. The molecule has 0 spiro atoms. The zero-order chi connectivity index (χ0) is 21.6. The molecule has 8 heteroatoms. The van der Waals surface area contributed by atoms with Crippen LogP contribution in [0.15, 0.2) is 27.8 Å². The summed E-state index contributed by atoms with van der Waals surface area (Å²) in [5.74, 6) is 1.03. The summed E-state index contributed by atoms with van der Waals surface area (Å²) in [5.41, 5.74) is 3.64. The Hall–Kier alpha value is -2.87. The van der Waals surface area contributed by atoms with Gasteiger partial charge in [-0.25, -0.2) is 4.79 Å². The maximum Gasteiger partial charge on any atom is 0.332 e. The fourth-order valence-electron chi connectivity index (χ4n) is 4.33. The third kappa shape index (κ3) is 3.35. The first-order chi connectivity index (χ1) is 14.3. The monoisotopic (exact) mass is 411 g/mol. The van der Waals surface area contributed by atoms with E-state index in [4.69, 9.17) is 9.72 Å². The Bertz CT molecular complexity index is 1200. The van der Waals surface area contributed by atoms with E-state index in [2.05, 4.69) is 43.9 Å². The number of benzene rings is 1. The van der Waals surface area contributed by atoms with Gasteiger partial charge in [0.15, 0.2) is 11.2 Å². The van der Waals surface area contributed by atoms with Crippen molar-refractivity contribution in [1.29, 1.82) is 0 Å². The normalized spacial score (nSPS) is 16.3. The van der Waals surface area contributed by atoms with Gasteiger partial charge in [0.05, 0.1) is 13.2 Å². The molecule has 0 fully saturated rings. The largest absolute Gasteiger partial charge is 0.380 e. The third-order valence-electron chi connectivity index (χ3n) is 5.62. The van der Waals surface area contributed by atoms with Gasteiger partial charge in [-0.1, -0.05) is 13.0 Å². The first kappa shape index (κ1) is 20.4. The van der Waals surface area contributed by atoms with Gasteiger partial charge in [-0.2, -0.15) is 4.98 Å². The molecule has 4 rings (SSSR count). The summed E-state index contributed by atoms with van der Waals surface area (Å²) in [6.45, 7) is 10.8. The van der Waals surface area contributed by atoms with Crippen molar-refractivity contribution in [2.45, 2.75) is 40.8 Å². The molecule has 8 nitrogen and oxygen atoms in total. The Balaban J connectivity index is 1.93. The van der Waals surface area contributed by atoms with Crippen molar-refractivity contribution in [2.75, 3.05) is 24.7 Å². The van der Waals surface area contributed by atoms with Crippen LogP contribution in [0.2, 0.25) is 0 Å². The van der Waals surface area contributed by atoms with E-state index in [0.717, 1.165) is 12.2 Å². The number of ether oxygens (including phenoxy) is 1. The lowest BCUT2D eigenvalue weighted by Gasteiger charge is -2.33. The molecule has 1 aromatic carbocycles. The van der Waals surface area contributed by atoms with Gasteiger partial charge >= 0.3 is 5.69 Å². The van der Waals surface area contributed by atoms with Gasteiger partial charge in [0.2, 0.25) is 5.95 Å². The molecule has 30 heavy (non-hydrogen) atoms. The van der Waals surface area contributed by atoms with Gasteiger partial charge in [-0.05, 0) is 49.9 Å². The number of rotatable bonds is 5. The number of hydrogen-bond donors (Lipinski definition) is 0. The molecule has 0 saturated heterocycles. The Morgan fingerprint density at radius 2 is 1.83 bits per heavy atom. The van der Waals surface area contributed by atoms with Gasteiger partial charge in [0, 0.05) is 32.4 Å². The van der Waals surface area contributed by atoms with Crippen LogP contribution in [0.5, 0.6) is 0 Å². The van der Waals surface area contributed by atoms with Crippen molar-refractivity contribution in [3.63, 3.8) is 0 Å². The third-order valence-corrected chi connectivity index (χ3v) is 5.62. The molecule has 1 aliphatic heterocycles. The van der Waals surface area contributed by atoms with Crippen LogP contribution in [-0.2, 0) is 24.9 Å². The smallest absolute Gasteiger partial charge is 0.332 e. The SMILES string of the molecule is CCOCCn1c(=O)c2c(nc3n2CC(C)CN3c2cc(C)cc(C)c2)n(C)c1=O. The molecule has 0 aliphatic carbocycles. The van der Waals surface area contributed by atoms with Crippen molar-refractivity contribution < 1.29 is 4.74 Å². The predicted octanol–water partition coefficient (Wildman–Crippen LogP) is 2.34. The zero-order valence-electron chi connectivity index (χ0n) is 18.3. The second-order valence-corrected chi connectivity index (χ2v) is 8.25. The molecular formula is C22H29N5O3. The lowest BCUT2D eigenvalue weighted by Crippen LogP contribution is -2.41.